The van der Waals surface area contributed by atoms with E-state index in [1.807, 2.05) is 30.3 Å². The van der Waals surface area contributed by atoms with E-state index < -0.39 is 28.2 Å². The molecule has 11 nitrogen and oxygen atoms in total. The summed E-state index contributed by atoms with van der Waals surface area (Å²) in [7, 11) is -4.18. The highest BCUT2D eigenvalue weighted by atomic mass is 32.2. The van der Waals surface area contributed by atoms with Gasteiger partial charge in [0.05, 0.1) is 18.2 Å². The fourth-order valence-electron chi connectivity index (χ4n) is 6.04. The molecular weight excluding hydrogens is 671 g/mol. The molecule has 5 heterocycles. The first-order valence-corrected chi connectivity index (χ1v) is 18.4. The average molecular weight is 714 g/mol. The lowest BCUT2D eigenvalue weighted by molar-refractivity contribution is -0.219. The van der Waals surface area contributed by atoms with E-state index in [1.54, 1.807) is 6.07 Å². The minimum Gasteiger partial charge on any atom is -0.476 e. The van der Waals surface area contributed by atoms with Crippen LogP contribution in [0.1, 0.15) is 57.9 Å². The molecule has 4 bridgehead atoms. The van der Waals surface area contributed by atoms with Gasteiger partial charge in [0.2, 0.25) is 5.88 Å². The molecule has 0 saturated carbocycles. The van der Waals surface area contributed by atoms with E-state index in [2.05, 4.69) is 24.7 Å². The number of hydrogen-bond donors (Lipinski definition) is 1. The predicted octanol–water partition coefficient (Wildman–Crippen LogP) is 6.84. The number of aromatic nitrogens is 5. The Kier molecular flexibility index (Phi) is 10.6. The van der Waals surface area contributed by atoms with Gasteiger partial charge in [0.1, 0.15) is 18.1 Å². The summed E-state index contributed by atoms with van der Waals surface area (Å²) in [6.45, 7) is 4.41. The number of halogens is 3. The molecule has 0 amide bonds. The number of anilines is 2. The lowest BCUT2D eigenvalue weighted by Gasteiger charge is -2.31. The van der Waals surface area contributed by atoms with E-state index in [-0.39, 0.29) is 22.5 Å². The molecule has 50 heavy (non-hydrogen) atoms. The molecule has 6 rings (SSSR count). The molecule has 1 fully saturated rings. The summed E-state index contributed by atoms with van der Waals surface area (Å²) >= 11 is 0. The first-order chi connectivity index (χ1) is 23.9. The van der Waals surface area contributed by atoms with Crippen molar-refractivity contribution >= 4 is 21.7 Å². The van der Waals surface area contributed by atoms with Crippen LogP contribution in [0, 0.1) is 11.3 Å². The highest BCUT2D eigenvalue weighted by molar-refractivity contribution is 7.92. The van der Waals surface area contributed by atoms with Gasteiger partial charge in [0.25, 0.3) is 10.0 Å². The van der Waals surface area contributed by atoms with Gasteiger partial charge in [0.15, 0.2) is 16.7 Å². The molecule has 0 spiro atoms. The minimum absolute atomic E-state index is 0.0188. The zero-order valence-electron chi connectivity index (χ0n) is 28.2. The number of ether oxygens (including phenoxy) is 2. The third kappa shape index (κ3) is 8.37. The van der Waals surface area contributed by atoms with Crippen molar-refractivity contribution in [1.82, 2.24) is 24.7 Å². The van der Waals surface area contributed by atoms with Crippen LogP contribution >= 0.6 is 0 Å². The molecule has 1 aromatic carbocycles. The van der Waals surface area contributed by atoms with Crippen molar-refractivity contribution in [3.63, 3.8) is 0 Å². The lowest BCUT2D eigenvalue weighted by Crippen LogP contribution is -2.37. The number of sulfonamides is 1. The van der Waals surface area contributed by atoms with Gasteiger partial charge in [-0.3, -0.25) is 4.72 Å². The number of hydrogen-bond acceptors (Lipinski definition) is 9. The van der Waals surface area contributed by atoms with Gasteiger partial charge in [-0.2, -0.15) is 21.6 Å². The summed E-state index contributed by atoms with van der Waals surface area (Å²) in [4.78, 5) is 16.1. The summed E-state index contributed by atoms with van der Waals surface area (Å²) in [5.74, 6) is 1.14. The molecular formula is C35H42F3N7O4S. The van der Waals surface area contributed by atoms with Crippen LogP contribution in [-0.2, 0) is 21.2 Å². The summed E-state index contributed by atoms with van der Waals surface area (Å²) in [5.41, 5.74) is -0.0126. The van der Waals surface area contributed by atoms with Crippen LogP contribution in [0.3, 0.4) is 0 Å². The van der Waals surface area contributed by atoms with Crippen molar-refractivity contribution in [2.75, 3.05) is 42.5 Å². The van der Waals surface area contributed by atoms with E-state index in [4.69, 9.17) is 14.5 Å². The Labute approximate surface area is 290 Å². The molecule has 3 aromatic heterocycles. The molecule has 2 aliphatic heterocycles. The van der Waals surface area contributed by atoms with Crippen LogP contribution in [0.4, 0.5) is 24.8 Å². The maximum atomic E-state index is 13.7. The summed E-state index contributed by atoms with van der Waals surface area (Å²) in [6, 6.07) is 14.1. The van der Waals surface area contributed by atoms with E-state index in [0.29, 0.717) is 24.0 Å². The van der Waals surface area contributed by atoms with Crippen molar-refractivity contribution in [3.05, 3.63) is 66.5 Å². The second-order valence-corrected chi connectivity index (χ2v) is 15.1. The molecule has 268 valence electrons. The second kappa shape index (κ2) is 14.9. The quantitative estimate of drug-likeness (QED) is 0.229. The van der Waals surface area contributed by atoms with Gasteiger partial charge in [0, 0.05) is 37.5 Å². The zero-order valence-corrected chi connectivity index (χ0v) is 29.0. The van der Waals surface area contributed by atoms with Gasteiger partial charge in [-0.15, -0.1) is 5.10 Å². The molecule has 0 radical (unpaired) electrons. The van der Waals surface area contributed by atoms with Crippen molar-refractivity contribution in [2.45, 2.75) is 70.0 Å². The number of pyridine rings is 1. The molecule has 1 N–H and O–H groups in total. The number of alkyl halides is 3. The molecule has 1 saturated heterocycles. The normalized spacial score (nSPS) is 18.8. The molecule has 15 heteroatoms. The highest BCUT2D eigenvalue weighted by Gasteiger charge is 2.48. The average Bonchev–Trinajstić information content (AvgIpc) is 3.57. The predicted molar refractivity (Wildman–Crippen MR) is 183 cm³/mol. The summed E-state index contributed by atoms with van der Waals surface area (Å²) in [6.07, 6.45) is 4.97. The van der Waals surface area contributed by atoms with Crippen LogP contribution in [0.25, 0.3) is 17.1 Å². The lowest BCUT2D eigenvalue weighted by atomic mass is 9.94. The Morgan fingerprint density at radius 2 is 1.82 bits per heavy atom. The van der Waals surface area contributed by atoms with Crippen molar-refractivity contribution < 1.29 is 31.1 Å². The van der Waals surface area contributed by atoms with Crippen LogP contribution in [0.2, 0.25) is 0 Å². The first-order valence-electron chi connectivity index (χ1n) is 16.9. The number of fused-ring (bicyclic) bond motifs is 6. The van der Waals surface area contributed by atoms with Gasteiger partial charge < -0.3 is 14.4 Å². The SMILES string of the molecule is CC(C)(COc1ccn(-c2ncc3nc2-c2ccccc2CCCCCCN(C[C@@H]2CCCOC2)c2cccc(n2)S(=O)(=O)N3)n1)C(F)(F)F. The third-order valence-corrected chi connectivity index (χ3v) is 10.3. The molecule has 0 aliphatic carbocycles. The molecule has 4 aromatic rings. The summed E-state index contributed by atoms with van der Waals surface area (Å²) in [5, 5.41) is 4.20. The van der Waals surface area contributed by atoms with E-state index in [0.717, 1.165) is 89.6 Å². The van der Waals surface area contributed by atoms with Crippen LogP contribution in [-0.4, -0.2) is 72.2 Å². The van der Waals surface area contributed by atoms with E-state index in [9.17, 15) is 21.6 Å². The largest absolute Gasteiger partial charge is 0.476 e. The molecule has 1 atom stereocenters. The van der Waals surface area contributed by atoms with Gasteiger partial charge >= 0.3 is 6.18 Å². The zero-order chi connectivity index (χ0) is 35.4. The smallest absolute Gasteiger partial charge is 0.397 e. The first kappa shape index (κ1) is 35.6. The minimum atomic E-state index is -4.46. The van der Waals surface area contributed by atoms with Crippen LogP contribution in [0.5, 0.6) is 5.88 Å². The molecule has 2 aliphatic rings. The topological polar surface area (TPSA) is 124 Å². The van der Waals surface area contributed by atoms with Crippen molar-refractivity contribution in [2.24, 2.45) is 11.3 Å². The Bertz CT molecular complexity index is 1880. The van der Waals surface area contributed by atoms with E-state index in [1.165, 1.54) is 29.2 Å². The van der Waals surface area contributed by atoms with Crippen molar-refractivity contribution in [3.8, 4) is 23.0 Å². The Morgan fingerprint density at radius 3 is 2.62 bits per heavy atom. The van der Waals surface area contributed by atoms with Crippen LogP contribution < -0.4 is 14.4 Å². The standard InChI is InChI=1S/C35H42F3N7O4S/c1-34(2,35(36,37)38)24-49-30-17-19-45(42-30)33-32-27-14-7-6-13-26(27)12-5-3-4-8-18-44(22-25-11-10-20-48-23-25)29-15-9-16-31(41-29)50(46,47)43-28(40-32)21-39-33/h6-7,9,13-17,19,21,25H,3-5,8,10-12,18,20,22-24H2,1-2H3,(H,40,43)/t25-/m0/s1. The fourth-order valence-corrected chi connectivity index (χ4v) is 6.99. The van der Waals surface area contributed by atoms with E-state index >= 15 is 0 Å². The van der Waals surface area contributed by atoms with Crippen LogP contribution in [0.15, 0.2) is 66.0 Å². The fraction of sp³-hybridized carbons (Fsp3) is 0.486. The Morgan fingerprint density at radius 1 is 1.00 bits per heavy atom. The summed E-state index contributed by atoms with van der Waals surface area (Å²) < 4.78 is 82.9. The number of benzene rings is 1. The van der Waals surface area contributed by atoms with Gasteiger partial charge in [-0.05, 0) is 69.6 Å². The maximum absolute atomic E-state index is 13.7. The Hall–Kier alpha value is -4.24. The number of nitrogens with one attached hydrogen (secondary N) is 1. The van der Waals surface area contributed by atoms with Crippen molar-refractivity contribution in [1.29, 1.82) is 0 Å². The maximum Gasteiger partial charge on any atom is 0.397 e. The number of nitrogens with zero attached hydrogens (tertiary/aromatic N) is 6. The monoisotopic (exact) mass is 713 g/mol. The highest BCUT2D eigenvalue weighted by Crippen LogP contribution is 2.38. The Balaban J connectivity index is 1.35. The third-order valence-electron chi connectivity index (χ3n) is 9.06. The number of rotatable bonds is 6. The van der Waals surface area contributed by atoms with Gasteiger partial charge in [-0.25, -0.2) is 19.6 Å². The molecule has 0 unspecified atom stereocenters. The number of aryl methyl sites for hydroxylation is 1. The van der Waals surface area contributed by atoms with Gasteiger partial charge in [-0.1, -0.05) is 43.2 Å². The second-order valence-electron chi connectivity index (χ2n) is 13.5.